The molecule has 6 nitrogen and oxygen atoms in total. The molecule has 1 fully saturated rings. The van der Waals surface area contributed by atoms with Gasteiger partial charge in [-0.2, -0.15) is 0 Å². The summed E-state index contributed by atoms with van der Waals surface area (Å²) in [6.07, 6.45) is 5.71. The monoisotopic (exact) mass is 459 g/mol. The van der Waals surface area contributed by atoms with Crippen molar-refractivity contribution in [3.8, 4) is 5.75 Å². The summed E-state index contributed by atoms with van der Waals surface area (Å²) >= 11 is 1.49. The average Bonchev–Trinajstić information content (AvgIpc) is 3.65. The second-order valence-electron chi connectivity index (χ2n) is 8.18. The van der Waals surface area contributed by atoms with Crippen LogP contribution >= 0.6 is 11.8 Å². The van der Waals surface area contributed by atoms with E-state index in [0.717, 1.165) is 35.2 Å². The Hall–Kier alpha value is -3.32. The number of hydrogen-bond acceptors (Lipinski definition) is 6. The van der Waals surface area contributed by atoms with Crippen molar-refractivity contribution in [1.82, 2.24) is 9.97 Å². The molecule has 0 spiro atoms. The van der Waals surface area contributed by atoms with Crippen LogP contribution in [0, 0.1) is 5.92 Å². The van der Waals surface area contributed by atoms with Gasteiger partial charge in [0, 0.05) is 40.8 Å². The predicted molar refractivity (Wildman–Crippen MR) is 130 cm³/mol. The number of ether oxygens (including phenoxy) is 1. The number of methoxy groups -OCH3 is 1. The van der Waals surface area contributed by atoms with Crippen LogP contribution in [0.15, 0.2) is 76.6 Å². The van der Waals surface area contributed by atoms with Gasteiger partial charge in [-0.15, -0.1) is 0 Å². The summed E-state index contributed by atoms with van der Waals surface area (Å²) < 4.78 is 11.5. The van der Waals surface area contributed by atoms with E-state index in [4.69, 9.17) is 9.15 Å². The first-order valence-corrected chi connectivity index (χ1v) is 12.0. The maximum Gasteiger partial charge on any atom is 0.294 e. The fraction of sp³-hybridized carbons (Fsp3) is 0.269. The quantitative estimate of drug-likeness (QED) is 0.239. The molecule has 0 radical (unpaired) electrons. The lowest BCUT2D eigenvalue weighted by Crippen LogP contribution is -2.40. The molecule has 0 saturated heterocycles. The van der Waals surface area contributed by atoms with Crippen molar-refractivity contribution in [1.29, 1.82) is 0 Å². The minimum absolute atomic E-state index is 0.0667. The highest BCUT2D eigenvalue weighted by atomic mass is 32.2. The Morgan fingerprint density at radius 2 is 1.85 bits per heavy atom. The molecule has 0 bridgehead atoms. The number of nitrogens with zero attached hydrogens (tertiary/aromatic N) is 3. The lowest BCUT2D eigenvalue weighted by Gasteiger charge is -2.29. The first-order chi connectivity index (χ1) is 16.2. The van der Waals surface area contributed by atoms with Crippen LogP contribution in [0.4, 0.5) is 5.69 Å². The minimum atomic E-state index is -0.125. The number of hydrogen-bond donors (Lipinski definition) is 0. The number of aromatic nitrogens is 2. The van der Waals surface area contributed by atoms with Crippen LogP contribution in [-0.4, -0.2) is 29.0 Å². The number of amides is 1. The third kappa shape index (κ3) is 4.46. The van der Waals surface area contributed by atoms with E-state index < -0.39 is 0 Å². The fourth-order valence-electron chi connectivity index (χ4n) is 4.09. The van der Waals surface area contributed by atoms with Crippen molar-refractivity contribution < 1.29 is 13.9 Å². The molecule has 4 aromatic rings. The molecule has 0 aliphatic heterocycles. The Kier molecular flexibility index (Phi) is 6.05. The maximum absolute atomic E-state index is 14.0. The highest BCUT2D eigenvalue weighted by Crippen LogP contribution is 2.39. The van der Waals surface area contributed by atoms with Gasteiger partial charge in [-0.1, -0.05) is 30.0 Å². The molecule has 7 heteroatoms. The second-order valence-corrected chi connectivity index (χ2v) is 9.12. The molecule has 1 aliphatic rings. The van der Waals surface area contributed by atoms with E-state index in [1.165, 1.54) is 11.8 Å². The molecule has 2 heterocycles. The van der Waals surface area contributed by atoms with Crippen LogP contribution in [0.3, 0.4) is 0 Å². The molecular weight excluding hydrogens is 434 g/mol. The largest absolute Gasteiger partial charge is 0.497 e. The van der Waals surface area contributed by atoms with Gasteiger partial charge in [0.25, 0.3) is 5.91 Å². The number of carbonyl (C=O) groups excluding carboxylic acids is 1. The van der Waals surface area contributed by atoms with Crippen molar-refractivity contribution in [2.75, 3.05) is 12.0 Å². The van der Waals surface area contributed by atoms with Crippen LogP contribution in [-0.2, 0) is 5.75 Å². The Morgan fingerprint density at radius 1 is 1.12 bits per heavy atom. The van der Waals surface area contributed by atoms with Gasteiger partial charge in [0.15, 0.2) is 10.9 Å². The van der Waals surface area contributed by atoms with Crippen molar-refractivity contribution in [3.63, 3.8) is 0 Å². The molecule has 5 rings (SSSR count). The molecule has 2 aromatic carbocycles. The van der Waals surface area contributed by atoms with Crippen LogP contribution < -0.4 is 9.64 Å². The molecule has 1 amide bonds. The zero-order chi connectivity index (χ0) is 22.8. The van der Waals surface area contributed by atoms with Crippen molar-refractivity contribution >= 4 is 34.3 Å². The molecule has 1 unspecified atom stereocenters. The summed E-state index contributed by atoms with van der Waals surface area (Å²) in [7, 11) is 1.64. The molecule has 1 atom stereocenters. The van der Waals surface area contributed by atoms with Crippen LogP contribution in [0.2, 0.25) is 0 Å². The summed E-state index contributed by atoms with van der Waals surface area (Å²) in [4.78, 5) is 24.5. The lowest BCUT2D eigenvalue weighted by molar-refractivity contribution is 0.0950. The van der Waals surface area contributed by atoms with E-state index in [0.29, 0.717) is 28.2 Å². The van der Waals surface area contributed by atoms with Crippen LogP contribution in [0.1, 0.15) is 35.9 Å². The predicted octanol–water partition coefficient (Wildman–Crippen LogP) is 5.97. The lowest BCUT2D eigenvalue weighted by atomic mass is 10.1. The van der Waals surface area contributed by atoms with E-state index in [2.05, 4.69) is 16.9 Å². The van der Waals surface area contributed by atoms with Gasteiger partial charge in [-0.3, -0.25) is 4.79 Å². The summed E-state index contributed by atoms with van der Waals surface area (Å²) in [5, 5.41) is 1.61. The number of rotatable bonds is 8. The summed E-state index contributed by atoms with van der Waals surface area (Å²) in [6.45, 7) is 2.12. The first-order valence-electron chi connectivity index (χ1n) is 11.0. The number of thioether (sulfide) groups is 1. The SMILES string of the molecule is COc1ccc(N(C(=O)c2oc3ccccc3c2CSc2ncccn2)C(C)C2CC2)cc1. The molecule has 0 N–H and O–H groups in total. The van der Waals surface area contributed by atoms with Crippen LogP contribution in [0.25, 0.3) is 11.0 Å². The highest BCUT2D eigenvalue weighted by molar-refractivity contribution is 7.98. The van der Waals surface area contributed by atoms with E-state index in [1.54, 1.807) is 25.6 Å². The van der Waals surface area contributed by atoms with E-state index >= 15 is 0 Å². The second kappa shape index (κ2) is 9.27. The number of benzene rings is 2. The van der Waals surface area contributed by atoms with Gasteiger partial charge < -0.3 is 14.1 Å². The molecule has 2 aromatic heterocycles. The zero-order valence-electron chi connectivity index (χ0n) is 18.6. The summed E-state index contributed by atoms with van der Waals surface area (Å²) in [5.41, 5.74) is 2.42. The van der Waals surface area contributed by atoms with Crippen molar-refractivity contribution in [3.05, 3.63) is 78.3 Å². The number of para-hydroxylation sites is 1. The third-order valence-electron chi connectivity index (χ3n) is 6.06. The smallest absolute Gasteiger partial charge is 0.294 e. The van der Waals surface area contributed by atoms with Gasteiger partial charge in [0.2, 0.25) is 0 Å². The van der Waals surface area contributed by atoms with E-state index in [1.807, 2.05) is 53.4 Å². The topological polar surface area (TPSA) is 68.5 Å². The number of furan rings is 1. The molecule has 1 aliphatic carbocycles. The van der Waals surface area contributed by atoms with Gasteiger partial charge in [0.1, 0.15) is 11.3 Å². The first kappa shape index (κ1) is 21.5. The Labute approximate surface area is 197 Å². The number of carbonyl (C=O) groups is 1. The highest BCUT2D eigenvalue weighted by Gasteiger charge is 2.37. The van der Waals surface area contributed by atoms with Gasteiger partial charge in [-0.25, -0.2) is 9.97 Å². The van der Waals surface area contributed by atoms with E-state index in [9.17, 15) is 4.79 Å². The third-order valence-corrected chi connectivity index (χ3v) is 6.96. The van der Waals surface area contributed by atoms with Gasteiger partial charge in [-0.05, 0) is 62.1 Å². The maximum atomic E-state index is 14.0. The van der Waals surface area contributed by atoms with E-state index in [-0.39, 0.29) is 11.9 Å². The summed E-state index contributed by atoms with van der Waals surface area (Å²) in [5.74, 6) is 2.05. The normalized spacial score (nSPS) is 14.2. The van der Waals surface area contributed by atoms with Gasteiger partial charge >= 0.3 is 0 Å². The molecule has 33 heavy (non-hydrogen) atoms. The molecule has 1 saturated carbocycles. The Balaban J connectivity index is 1.54. The summed E-state index contributed by atoms with van der Waals surface area (Å²) in [6, 6.07) is 17.3. The Bertz CT molecular complexity index is 1250. The molecule has 168 valence electrons. The number of anilines is 1. The minimum Gasteiger partial charge on any atom is -0.497 e. The standard InChI is InChI=1S/C26H25N3O3S/c1-17(18-8-9-18)29(19-10-12-20(31-2)13-11-19)25(30)24-22(16-33-26-27-14-5-15-28-26)21-6-3-4-7-23(21)32-24/h3-7,10-15,17-18H,8-9,16H2,1-2H3. The average molecular weight is 460 g/mol. The Morgan fingerprint density at radius 3 is 2.55 bits per heavy atom. The zero-order valence-corrected chi connectivity index (χ0v) is 19.4. The van der Waals surface area contributed by atoms with Gasteiger partial charge in [0.05, 0.1) is 7.11 Å². The molecular formula is C26H25N3O3S. The van der Waals surface area contributed by atoms with Crippen molar-refractivity contribution in [2.24, 2.45) is 5.92 Å². The van der Waals surface area contributed by atoms with Crippen molar-refractivity contribution in [2.45, 2.75) is 36.7 Å². The van der Waals surface area contributed by atoms with Crippen LogP contribution in [0.5, 0.6) is 5.75 Å². The number of fused-ring (bicyclic) bond motifs is 1. The fourth-order valence-corrected chi connectivity index (χ4v) is 4.92.